The van der Waals surface area contributed by atoms with Crippen LogP contribution >= 0.6 is 0 Å². The minimum Gasteiger partial charge on any atom is -0.315 e. The molecule has 0 atom stereocenters. The second-order valence-electron chi connectivity index (χ2n) is 3.28. The predicted molar refractivity (Wildman–Crippen MR) is 58.3 cm³/mol. The SMILES string of the molecule is CCNCCn1ncc2ccccc21. The Bertz CT molecular complexity index is 406. The lowest BCUT2D eigenvalue weighted by Gasteiger charge is -2.03. The van der Waals surface area contributed by atoms with Crippen molar-refractivity contribution in [3.8, 4) is 0 Å². The van der Waals surface area contributed by atoms with Crippen LogP contribution in [0.5, 0.6) is 0 Å². The maximum absolute atomic E-state index is 4.34. The highest BCUT2D eigenvalue weighted by Gasteiger charge is 1.99. The molecule has 2 aromatic rings. The van der Waals surface area contributed by atoms with Gasteiger partial charge in [0.25, 0.3) is 0 Å². The van der Waals surface area contributed by atoms with Crippen molar-refractivity contribution in [1.82, 2.24) is 15.1 Å². The molecule has 0 spiro atoms. The van der Waals surface area contributed by atoms with Crippen molar-refractivity contribution in [2.75, 3.05) is 13.1 Å². The predicted octanol–water partition coefficient (Wildman–Crippen LogP) is 1.65. The quantitative estimate of drug-likeness (QED) is 0.741. The highest BCUT2D eigenvalue weighted by molar-refractivity contribution is 5.78. The third kappa shape index (κ3) is 1.77. The molecule has 0 aliphatic rings. The monoisotopic (exact) mass is 189 g/mol. The molecule has 0 bridgehead atoms. The Kier molecular flexibility index (Phi) is 2.79. The Morgan fingerprint density at radius 3 is 3.07 bits per heavy atom. The van der Waals surface area contributed by atoms with Gasteiger partial charge in [-0.3, -0.25) is 4.68 Å². The number of likely N-dealkylation sites (N-methyl/N-ethyl adjacent to an activating group) is 1. The molecule has 14 heavy (non-hydrogen) atoms. The fourth-order valence-corrected chi connectivity index (χ4v) is 1.57. The highest BCUT2D eigenvalue weighted by Crippen LogP contribution is 2.11. The van der Waals surface area contributed by atoms with E-state index in [2.05, 4.69) is 29.5 Å². The van der Waals surface area contributed by atoms with Gasteiger partial charge in [-0.15, -0.1) is 0 Å². The summed E-state index contributed by atoms with van der Waals surface area (Å²) < 4.78 is 2.04. The van der Waals surface area contributed by atoms with Crippen molar-refractivity contribution in [2.45, 2.75) is 13.5 Å². The van der Waals surface area contributed by atoms with Gasteiger partial charge in [0.05, 0.1) is 18.3 Å². The summed E-state index contributed by atoms with van der Waals surface area (Å²) in [4.78, 5) is 0. The Balaban J connectivity index is 2.17. The molecule has 1 aromatic carbocycles. The topological polar surface area (TPSA) is 29.9 Å². The highest BCUT2D eigenvalue weighted by atomic mass is 15.3. The van der Waals surface area contributed by atoms with Gasteiger partial charge >= 0.3 is 0 Å². The summed E-state index contributed by atoms with van der Waals surface area (Å²) in [5, 5.41) is 8.85. The Labute approximate surface area is 83.7 Å². The van der Waals surface area contributed by atoms with Gasteiger partial charge in [0.1, 0.15) is 0 Å². The lowest BCUT2D eigenvalue weighted by atomic mass is 10.3. The molecule has 3 heteroatoms. The van der Waals surface area contributed by atoms with Crippen LogP contribution in [-0.4, -0.2) is 22.9 Å². The third-order valence-corrected chi connectivity index (χ3v) is 2.30. The zero-order valence-electron chi connectivity index (χ0n) is 8.40. The van der Waals surface area contributed by atoms with Crippen LogP contribution in [0, 0.1) is 0 Å². The van der Waals surface area contributed by atoms with Crippen molar-refractivity contribution in [2.24, 2.45) is 0 Å². The van der Waals surface area contributed by atoms with Crippen LogP contribution in [0.15, 0.2) is 30.5 Å². The standard InChI is InChI=1S/C11H15N3/c1-2-12-7-8-14-11-6-4-3-5-10(11)9-13-14/h3-6,9,12H,2,7-8H2,1H3. The Morgan fingerprint density at radius 2 is 2.21 bits per heavy atom. The second-order valence-corrected chi connectivity index (χ2v) is 3.28. The molecule has 2 rings (SSSR count). The van der Waals surface area contributed by atoms with E-state index < -0.39 is 0 Å². The smallest absolute Gasteiger partial charge is 0.0682 e. The average molecular weight is 189 g/mol. The summed E-state index contributed by atoms with van der Waals surface area (Å²) in [6, 6.07) is 8.28. The van der Waals surface area contributed by atoms with E-state index in [1.807, 2.05) is 23.0 Å². The van der Waals surface area contributed by atoms with Gasteiger partial charge in [0.15, 0.2) is 0 Å². The van der Waals surface area contributed by atoms with Gasteiger partial charge in [-0.1, -0.05) is 25.1 Å². The summed E-state index contributed by atoms with van der Waals surface area (Å²) >= 11 is 0. The summed E-state index contributed by atoms with van der Waals surface area (Å²) in [6.45, 7) is 5.03. The number of hydrogen-bond donors (Lipinski definition) is 1. The van der Waals surface area contributed by atoms with E-state index in [9.17, 15) is 0 Å². The lowest BCUT2D eigenvalue weighted by Crippen LogP contribution is -2.19. The zero-order chi connectivity index (χ0) is 9.80. The van der Waals surface area contributed by atoms with Gasteiger partial charge in [0, 0.05) is 11.9 Å². The van der Waals surface area contributed by atoms with Crippen LogP contribution in [0.1, 0.15) is 6.92 Å². The minimum absolute atomic E-state index is 0.932. The fourth-order valence-electron chi connectivity index (χ4n) is 1.57. The number of nitrogens with one attached hydrogen (secondary N) is 1. The molecule has 1 heterocycles. The van der Waals surface area contributed by atoms with Crippen molar-refractivity contribution in [1.29, 1.82) is 0 Å². The molecule has 1 N–H and O–H groups in total. The minimum atomic E-state index is 0.932. The van der Waals surface area contributed by atoms with Crippen LogP contribution in [0.3, 0.4) is 0 Å². The van der Waals surface area contributed by atoms with Crippen LogP contribution < -0.4 is 5.32 Å². The van der Waals surface area contributed by atoms with Crippen molar-refractivity contribution < 1.29 is 0 Å². The molecular formula is C11H15N3. The van der Waals surface area contributed by atoms with Gasteiger partial charge in [-0.05, 0) is 12.6 Å². The normalized spacial score (nSPS) is 10.9. The largest absolute Gasteiger partial charge is 0.315 e. The maximum atomic E-state index is 4.34. The van der Waals surface area contributed by atoms with E-state index in [0.29, 0.717) is 0 Å². The van der Waals surface area contributed by atoms with E-state index in [0.717, 1.165) is 19.6 Å². The Morgan fingerprint density at radius 1 is 1.36 bits per heavy atom. The first-order valence-corrected chi connectivity index (χ1v) is 5.03. The maximum Gasteiger partial charge on any atom is 0.0682 e. The first-order chi connectivity index (χ1) is 6.92. The molecule has 0 amide bonds. The number of benzene rings is 1. The molecule has 0 radical (unpaired) electrons. The van der Waals surface area contributed by atoms with Gasteiger partial charge in [0.2, 0.25) is 0 Å². The van der Waals surface area contributed by atoms with E-state index in [1.54, 1.807) is 0 Å². The molecule has 0 fully saturated rings. The zero-order valence-corrected chi connectivity index (χ0v) is 8.40. The van der Waals surface area contributed by atoms with Crippen molar-refractivity contribution in [3.05, 3.63) is 30.5 Å². The first-order valence-electron chi connectivity index (χ1n) is 5.03. The third-order valence-electron chi connectivity index (χ3n) is 2.30. The molecule has 3 nitrogen and oxygen atoms in total. The number of para-hydroxylation sites is 1. The van der Waals surface area contributed by atoms with E-state index in [1.165, 1.54) is 10.9 Å². The molecule has 0 aliphatic carbocycles. The Hall–Kier alpha value is -1.35. The van der Waals surface area contributed by atoms with Crippen LogP contribution in [0.4, 0.5) is 0 Å². The number of rotatable bonds is 4. The molecule has 0 saturated carbocycles. The molecule has 1 aromatic heterocycles. The second kappa shape index (κ2) is 4.24. The first kappa shape index (κ1) is 9.21. The lowest BCUT2D eigenvalue weighted by molar-refractivity contribution is 0.579. The van der Waals surface area contributed by atoms with Crippen LogP contribution in [-0.2, 0) is 6.54 Å². The van der Waals surface area contributed by atoms with Gasteiger partial charge < -0.3 is 5.32 Å². The van der Waals surface area contributed by atoms with Crippen molar-refractivity contribution in [3.63, 3.8) is 0 Å². The molecular weight excluding hydrogens is 174 g/mol. The number of hydrogen-bond acceptors (Lipinski definition) is 2. The number of fused-ring (bicyclic) bond motifs is 1. The summed E-state index contributed by atoms with van der Waals surface area (Å²) in [6.07, 6.45) is 1.92. The average Bonchev–Trinajstić information content (AvgIpc) is 2.63. The van der Waals surface area contributed by atoms with E-state index in [4.69, 9.17) is 0 Å². The fraction of sp³-hybridized carbons (Fsp3) is 0.364. The summed E-state index contributed by atoms with van der Waals surface area (Å²) in [7, 11) is 0. The molecule has 0 aliphatic heterocycles. The molecule has 0 saturated heterocycles. The van der Waals surface area contributed by atoms with Crippen molar-refractivity contribution >= 4 is 10.9 Å². The van der Waals surface area contributed by atoms with E-state index >= 15 is 0 Å². The summed E-state index contributed by atoms with van der Waals surface area (Å²) in [5.74, 6) is 0. The molecule has 74 valence electrons. The summed E-state index contributed by atoms with van der Waals surface area (Å²) in [5.41, 5.74) is 1.21. The van der Waals surface area contributed by atoms with Gasteiger partial charge in [-0.2, -0.15) is 5.10 Å². The van der Waals surface area contributed by atoms with E-state index in [-0.39, 0.29) is 0 Å². The van der Waals surface area contributed by atoms with Gasteiger partial charge in [-0.25, -0.2) is 0 Å². The number of aromatic nitrogens is 2. The van der Waals surface area contributed by atoms with Crippen LogP contribution in [0.25, 0.3) is 10.9 Å². The molecule has 0 unspecified atom stereocenters. The number of nitrogens with zero attached hydrogens (tertiary/aromatic N) is 2. The van der Waals surface area contributed by atoms with Crippen LogP contribution in [0.2, 0.25) is 0 Å².